The summed E-state index contributed by atoms with van der Waals surface area (Å²) in [6, 6.07) is 9.48. The zero-order chi connectivity index (χ0) is 23.4. The summed E-state index contributed by atoms with van der Waals surface area (Å²) in [5, 5.41) is -0.528. The summed E-state index contributed by atoms with van der Waals surface area (Å²) in [6.45, 7) is 3.19. The lowest BCUT2D eigenvalue weighted by molar-refractivity contribution is -0.149. The maximum absolute atomic E-state index is 13.0. The number of nitrogens with zero attached hydrogens (tertiary/aromatic N) is 1. The first-order valence-electron chi connectivity index (χ1n) is 9.45. The molecule has 0 aromatic heterocycles. The lowest BCUT2D eigenvalue weighted by Crippen LogP contribution is -2.35. The van der Waals surface area contributed by atoms with Crippen molar-refractivity contribution in [2.45, 2.75) is 26.6 Å². The number of hydrogen-bond acceptors (Lipinski definition) is 6. The lowest BCUT2D eigenvalue weighted by atomic mass is 10.2. The zero-order valence-electron chi connectivity index (χ0n) is 17.1. The molecule has 32 heavy (non-hydrogen) atoms. The average molecular weight is 587 g/mol. The first kappa shape index (κ1) is 24.5. The van der Waals surface area contributed by atoms with Gasteiger partial charge in [0.25, 0.3) is 11.1 Å². The Kier molecular flexibility index (Phi) is 8.13. The molecule has 1 saturated heterocycles. The predicted octanol–water partition coefficient (Wildman–Crippen LogP) is 5.92. The van der Waals surface area contributed by atoms with Gasteiger partial charge in [-0.2, -0.15) is 0 Å². The van der Waals surface area contributed by atoms with Gasteiger partial charge in [0.1, 0.15) is 24.7 Å². The summed E-state index contributed by atoms with van der Waals surface area (Å²) >= 11 is 7.67. The van der Waals surface area contributed by atoms with E-state index in [1.807, 2.05) is 0 Å². The highest BCUT2D eigenvalue weighted by atomic mass is 79.9. The monoisotopic (exact) mass is 585 g/mol. The lowest BCUT2D eigenvalue weighted by Gasteiger charge is -2.13. The summed E-state index contributed by atoms with van der Waals surface area (Å²) in [5.74, 6) is -0.973. The maximum atomic E-state index is 13.0. The molecule has 10 heteroatoms. The van der Waals surface area contributed by atoms with Crippen LogP contribution in [0.3, 0.4) is 0 Å². The van der Waals surface area contributed by atoms with E-state index >= 15 is 0 Å². The van der Waals surface area contributed by atoms with Crippen LogP contribution in [0.4, 0.5) is 9.18 Å². The third-order valence-corrected chi connectivity index (χ3v) is 6.23. The van der Waals surface area contributed by atoms with E-state index in [1.54, 1.807) is 44.2 Å². The molecule has 0 unspecified atom stereocenters. The van der Waals surface area contributed by atoms with Crippen molar-refractivity contribution in [1.29, 1.82) is 0 Å². The third kappa shape index (κ3) is 6.20. The molecule has 1 aliphatic heterocycles. The van der Waals surface area contributed by atoms with Gasteiger partial charge in [-0.1, -0.05) is 12.1 Å². The van der Waals surface area contributed by atoms with Crippen LogP contribution in [0.25, 0.3) is 6.08 Å². The van der Waals surface area contributed by atoms with E-state index in [0.717, 1.165) is 22.2 Å². The average Bonchev–Trinajstić information content (AvgIpc) is 2.95. The highest BCUT2D eigenvalue weighted by Crippen LogP contribution is 2.38. The SMILES string of the molecule is CC(C)OC(=O)CN1C(=O)S/C(=C\c2cc(Br)c(OCc3ccc(F)cc3)c(Br)c2)C1=O. The summed E-state index contributed by atoms with van der Waals surface area (Å²) in [6.07, 6.45) is 1.23. The minimum Gasteiger partial charge on any atom is -0.487 e. The molecule has 0 saturated carbocycles. The molecular weight excluding hydrogens is 569 g/mol. The minimum atomic E-state index is -0.642. The Morgan fingerprint density at radius 2 is 1.78 bits per heavy atom. The number of benzene rings is 2. The second kappa shape index (κ2) is 10.6. The molecule has 1 heterocycles. The first-order chi connectivity index (χ1) is 15.1. The van der Waals surface area contributed by atoms with Crippen molar-refractivity contribution in [3.05, 3.63) is 67.2 Å². The van der Waals surface area contributed by atoms with E-state index in [0.29, 0.717) is 20.3 Å². The molecule has 0 aliphatic carbocycles. The van der Waals surface area contributed by atoms with Crippen molar-refractivity contribution in [3.63, 3.8) is 0 Å². The summed E-state index contributed by atoms with van der Waals surface area (Å²) < 4.78 is 25.1. The molecule has 168 valence electrons. The van der Waals surface area contributed by atoms with Gasteiger partial charge in [0.05, 0.1) is 20.0 Å². The predicted molar refractivity (Wildman–Crippen MR) is 126 cm³/mol. The standard InChI is InChI=1S/C22H18Br2FNO5S/c1-12(2)31-19(27)10-26-21(28)18(32-22(26)29)9-14-7-16(23)20(17(24)8-14)30-11-13-3-5-15(25)6-4-13/h3-9,12H,10-11H2,1-2H3/b18-9-. The fourth-order valence-corrected chi connectivity index (χ4v) is 5.04. The number of amides is 2. The number of hydrogen-bond donors (Lipinski definition) is 0. The van der Waals surface area contributed by atoms with Crippen LogP contribution in [0.2, 0.25) is 0 Å². The van der Waals surface area contributed by atoms with Crippen molar-refractivity contribution in [2.75, 3.05) is 6.54 Å². The van der Waals surface area contributed by atoms with Gasteiger partial charge in [-0.05, 0) is 98.9 Å². The molecule has 2 aromatic rings. The maximum Gasteiger partial charge on any atom is 0.326 e. The molecular formula is C22H18Br2FNO5S. The number of carbonyl (C=O) groups is 3. The Morgan fingerprint density at radius 1 is 1.16 bits per heavy atom. The van der Waals surface area contributed by atoms with Crippen molar-refractivity contribution in [2.24, 2.45) is 0 Å². The zero-order valence-corrected chi connectivity index (χ0v) is 21.1. The summed E-state index contributed by atoms with van der Waals surface area (Å²) in [7, 11) is 0. The summed E-state index contributed by atoms with van der Waals surface area (Å²) in [5.41, 5.74) is 1.45. The minimum absolute atomic E-state index is 0.200. The first-order valence-corrected chi connectivity index (χ1v) is 11.9. The van der Waals surface area contributed by atoms with Gasteiger partial charge in [0.15, 0.2) is 0 Å². The van der Waals surface area contributed by atoms with E-state index in [2.05, 4.69) is 31.9 Å². The number of esters is 1. The number of carbonyl (C=O) groups excluding carboxylic acids is 3. The van der Waals surface area contributed by atoms with E-state index in [4.69, 9.17) is 9.47 Å². The van der Waals surface area contributed by atoms with E-state index < -0.39 is 23.7 Å². The normalized spacial score (nSPS) is 15.1. The van der Waals surface area contributed by atoms with E-state index in [1.165, 1.54) is 12.1 Å². The number of halogens is 3. The molecule has 2 amide bonds. The van der Waals surface area contributed by atoms with E-state index in [-0.39, 0.29) is 23.4 Å². The van der Waals surface area contributed by atoms with Gasteiger partial charge in [-0.3, -0.25) is 19.3 Å². The fraction of sp³-hybridized carbons (Fsp3) is 0.227. The van der Waals surface area contributed by atoms with Crippen LogP contribution >= 0.6 is 43.6 Å². The van der Waals surface area contributed by atoms with Crippen LogP contribution in [-0.4, -0.2) is 34.7 Å². The highest BCUT2D eigenvalue weighted by molar-refractivity contribution is 9.11. The Morgan fingerprint density at radius 3 is 2.38 bits per heavy atom. The van der Waals surface area contributed by atoms with E-state index in [9.17, 15) is 18.8 Å². The molecule has 0 spiro atoms. The second-order valence-corrected chi connectivity index (χ2v) is 9.74. The topological polar surface area (TPSA) is 72.9 Å². The number of ether oxygens (including phenoxy) is 2. The van der Waals surface area contributed by atoms with Gasteiger partial charge in [-0.25, -0.2) is 4.39 Å². The Hall–Kier alpha value is -2.17. The smallest absolute Gasteiger partial charge is 0.326 e. The highest BCUT2D eigenvalue weighted by Gasteiger charge is 2.36. The van der Waals surface area contributed by atoms with Crippen LogP contribution in [0.1, 0.15) is 25.0 Å². The van der Waals surface area contributed by atoms with Crippen LogP contribution in [-0.2, 0) is 20.9 Å². The molecule has 0 N–H and O–H groups in total. The Bertz CT molecular complexity index is 1070. The van der Waals surface area contributed by atoms with Crippen LogP contribution in [0.5, 0.6) is 5.75 Å². The van der Waals surface area contributed by atoms with Gasteiger partial charge in [0.2, 0.25) is 0 Å². The molecule has 3 rings (SSSR count). The Balaban J connectivity index is 1.73. The molecule has 1 fully saturated rings. The van der Waals surface area contributed by atoms with Gasteiger partial charge in [0, 0.05) is 0 Å². The molecule has 0 bridgehead atoms. The van der Waals surface area contributed by atoms with Crippen molar-refractivity contribution >= 4 is 66.8 Å². The van der Waals surface area contributed by atoms with Crippen LogP contribution in [0.15, 0.2) is 50.2 Å². The van der Waals surface area contributed by atoms with Crippen molar-refractivity contribution in [1.82, 2.24) is 4.90 Å². The molecule has 2 aromatic carbocycles. The number of rotatable bonds is 7. The summed E-state index contributed by atoms with van der Waals surface area (Å²) in [4.78, 5) is 37.7. The molecule has 0 radical (unpaired) electrons. The van der Waals surface area contributed by atoms with Crippen LogP contribution in [0, 0.1) is 5.82 Å². The Labute approximate surface area is 205 Å². The molecule has 6 nitrogen and oxygen atoms in total. The molecule has 1 aliphatic rings. The fourth-order valence-electron chi connectivity index (χ4n) is 2.75. The largest absolute Gasteiger partial charge is 0.487 e. The second-order valence-electron chi connectivity index (χ2n) is 7.04. The van der Waals surface area contributed by atoms with Crippen molar-refractivity contribution in [3.8, 4) is 5.75 Å². The number of thioether (sulfide) groups is 1. The number of imide groups is 1. The van der Waals surface area contributed by atoms with Gasteiger partial charge in [-0.15, -0.1) is 0 Å². The van der Waals surface area contributed by atoms with Gasteiger partial charge >= 0.3 is 5.97 Å². The quantitative estimate of drug-likeness (QED) is 0.296. The molecule has 0 atom stereocenters. The van der Waals surface area contributed by atoms with Gasteiger partial charge < -0.3 is 9.47 Å². The van der Waals surface area contributed by atoms with Crippen molar-refractivity contribution < 1.29 is 28.2 Å². The van der Waals surface area contributed by atoms with Crippen LogP contribution < -0.4 is 4.74 Å². The third-order valence-electron chi connectivity index (χ3n) is 4.14.